The Morgan fingerprint density at radius 3 is 2.76 bits per heavy atom. The predicted octanol–water partition coefficient (Wildman–Crippen LogP) is 3.67. The molecule has 1 aliphatic heterocycles. The van der Waals surface area contributed by atoms with Crippen LogP contribution in [0.1, 0.15) is 24.9 Å². The first kappa shape index (κ1) is 21.2. The fourth-order valence-corrected chi connectivity index (χ4v) is 4.74. The van der Waals surface area contributed by atoms with Crippen molar-refractivity contribution in [3.63, 3.8) is 0 Å². The summed E-state index contributed by atoms with van der Waals surface area (Å²) in [5, 5.41) is 0.959. The van der Waals surface area contributed by atoms with E-state index in [0.29, 0.717) is 25.5 Å². The molecule has 1 amide bonds. The average Bonchev–Trinajstić information content (AvgIpc) is 3.42. The second-order valence-electron chi connectivity index (χ2n) is 8.07. The normalized spacial score (nSPS) is 18.1. The lowest BCUT2D eigenvalue weighted by atomic mass is 9.89. The van der Waals surface area contributed by atoms with Gasteiger partial charge in [0.05, 0.1) is 23.7 Å². The quantitative estimate of drug-likeness (QED) is 0.266. The Balaban J connectivity index is 1.76. The highest BCUT2D eigenvalue weighted by molar-refractivity contribution is 6.09. The van der Waals surface area contributed by atoms with E-state index in [9.17, 15) is 9.59 Å². The van der Waals surface area contributed by atoms with Gasteiger partial charge in [0.15, 0.2) is 5.92 Å². The number of ether oxygens (including phenoxy) is 2. The van der Waals surface area contributed by atoms with E-state index in [1.54, 1.807) is 18.9 Å². The van der Waals surface area contributed by atoms with Crippen LogP contribution in [0.25, 0.3) is 21.9 Å². The maximum Gasteiger partial charge on any atom is 0.321 e. The van der Waals surface area contributed by atoms with Crippen LogP contribution in [0, 0.1) is 5.92 Å². The van der Waals surface area contributed by atoms with Crippen molar-refractivity contribution >= 4 is 39.8 Å². The molecule has 0 saturated carbocycles. The highest BCUT2D eigenvalue weighted by Gasteiger charge is 2.48. The molecule has 0 unspecified atom stereocenters. The summed E-state index contributed by atoms with van der Waals surface area (Å²) in [5.41, 5.74) is 3.43. The first-order valence-electron chi connectivity index (χ1n) is 11.2. The highest BCUT2D eigenvalue weighted by Crippen LogP contribution is 2.43. The van der Waals surface area contributed by atoms with E-state index in [1.165, 1.54) is 0 Å². The summed E-state index contributed by atoms with van der Waals surface area (Å²) >= 11 is 0. The number of para-hydroxylation sites is 3. The number of anilines is 1. The molecule has 8 heteroatoms. The van der Waals surface area contributed by atoms with E-state index in [-0.39, 0.29) is 12.5 Å². The fourth-order valence-electron chi connectivity index (χ4n) is 4.74. The molecule has 3 heterocycles. The van der Waals surface area contributed by atoms with Crippen LogP contribution in [0.4, 0.5) is 5.95 Å². The Labute approximate surface area is 191 Å². The maximum absolute atomic E-state index is 13.8. The molecule has 0 fully saturated rings. The molecule has 5 rings (SSSR count). The van der Waals surface area contributed by atoms with Gasteiger partial charge in [-0.05, 0) is 31.5 Å². The highest BCUT2D eigenvalue weighted by atomic mass is 16.5. The molecule has 0 spiro atoms. The van der Waals surface area contributed by atoms with Gasteiger partial charge in [0.25, 0.3) is 0 Å². The average molecular weight is 447 g/mol. The van der Waals surface area contributed by atoms with Crippen LogP contribution in [0.3, 0.4) is 0 Å². The van der Waals surface area contributed by atoms with Gasteiger partial charge >= 0.3 is 5.97 Å². The van der Waals surface area contributed by atoms with E-state index in [4.69, 9.17) is 14.5 Å². The van der Waals surface area contributed by atoms with Crippen molar-refractivity contribution in [2.24, 2.45) is 5.92 Å². The standard InChI is InChI=1S/C25H26N4O4/c1-3-33-24(31)21-22(17-15-26-18-10-5-4-9-16(17)18)29-20-12-7-6-11-19(20)27-25(29)28(23(21)30)13-8-14-32-2/h4-7,9-12,15,21-22,26H,3,8,13-14H2,1-2H3/t21-,22-/m0/s1. The third kappa shape index (κ3) is 3.47. The number of fused-ring (bicyclic) bond motifs is 4. The zero-order valence-electron chi connectivity index (χ0n) is 18.7. The summed E-state index contributed by atoms with van der Waals surface area (Å²) in [7, 11) is 1.63. The number of carbonyl (C=O) groups excluding carboxylic acids is 2. The number of nitrogens with one attached hydrogen (secondary N) is 1. The van der Waals surface area contributed by atoms with Gasteiger partial charge in [-0.15, -0.1) is 0 Å². The molecule has 33 heavy (non-hydrogen) atoms. The summed E-state index contributed by atoms with van der Waals surface area (Å²) in [5.74, 6) is -1.33. The molecule has 0 radical (unpaired) electrons. The number of amides is 1. The van der Waals surface area contributed by atoms with Crippen molar-refractivity contribution in [2.75, 3.05) is 31.8 Å². The first-order valence-corrected chi connectivity index (χ1v) is 11.2. The van der Waals surface area contributed by atoms with E-state index in [0.717, 1.165) is 27.5 Å². The topological polar surface area (TPSA) is 89.4 Å². The van der Waals surface area contributed by atoms with E-state index >= 15 is 0 Å². The molecule has 0 saturated heterocycles. The van der Waals surface area contributed by atoms with Crippen molar-refractivity contribution < 1.29 is 19.1 Å². The van der Waals surface area contributed by atoms with Crippen LogP contribution in [-0.2, 0) is 19.1 Å². The lowest BCUT2D eigenvalue weighted by molar-refractivity contribution is -0.153. The number of rotatable bonds is 7. The number of aromatic nitrogens is 3. The summed E-state index contributed by atoms with van der Waals surface area (Å²) in [6.07, 6.45) is 2.51. The Kier molecular flexibility index (Phi) is 5.60. The van der Waals surface area contributed by atoms with Gasteiger partial charge in [0.2, 0.25) is 11.9 Å². The zero-order chi connectivity index (χ0) is 22.9. The molecule has 1 N–H and O–H groups in total. The van der Waals surface area contributed by atoms with Crippen LogP contribution in [-0.4, -0.2) is 53.3 Å². The molecule has 1 aliphatic rings. The van der Waals surface area contributed by atoms with Gasteiger partial charge in [-0.3, -0.25) is 14.5 Å². The van der Waals surface area contributed by atoms with E-state index < -0.39 is 17.9 Å². The molecule has 170 valence electrons. The number of carbonyl (C=O) groups is 2. The van der Waals surface area contributed by atoms with Crippen LogP contribution < -0.4 is 4.90 Å². The van der Waals surface area contributed by atoms with Gasteiger partial charge in [0.1, 0.15) is 0 Å². The Hall–Kier alpha value is -3.65. The number of imidazole rings is 1. The van der Waals surface area contributed by atoms with Crippen LogP contribution >= 0.6 is 0 Å². The number of methoxy groups -OCH3 is 1. The largest absolute Gasteiger partial charge is 0.465 e. The summed E-state index contributed by atoms with van der Waals surface area (Å²) in [6.45, 7) is 2.84. The molecular formula is C25H26N4O4. The SMILES string of the molecule is CCOC(=O)[C@@H]1C(=O)N(CCCOC)c2nc3ccccc3n2[C@H]1c1c[nH]c2ccccc12. The molecule has 0 aliphatic carbocycles. The van der Waals surface area contributed by atoms with E-state index in [2.05, 4.69) is 4.98 Å². The van der Waals surface area contributed by atoms with Crippen molar-refractivity contribution in [1.82, 2.24) is 14.5 Å². The minimum Gasteiger partial charge on any atom is -0.465 e. The van der Waals surface area contributed by atoms with Gasteiger partial charge in [-0.25, -0.2) is 4.98 Å². The minimum absolute atomic E-state index is 0.199. The predicted molar refractivity (Wildman–Crippen MR) is 125 cm³/mol. The van der Waals surface area contributed by atoms with Crippen molar-refractivity contribution in [1.29, 1.82) is 0 Å². The lowest BCUT2D eigenvalue weighted by Crippen LogP contribution is -2.50. The number of hydrogen-bond acceptors (Lipinski definition) is 5. The second-order valence-corrected chi connectivity index (χ2v) is 8.07. The van der Waals surface area contributed by atoms with Gasteiger partial charge < -0.3 is 19.0 Å². The van der Waals surface area contributed by atoms with Gasteiger partial charge in [-0.2, -0.15) is 0 Å². The summed E-state index contributed by atoms with van der Waals surface area (Å²) in [4.78, 5) is 36.8. The number of esters is 1. The minimum atomic E-state index is -1.03. The zero-order valence-corrected chi connectivity index (χ0v) is 18.7. The molecule has 2 aromatic heterocycles. The first-order chi connectivity index (χ1) is 16.2. The van der Waals surface area contributed by atoms with E-state index in [1.807, 2.05) is 59.3 Å². The number of aromatic amines is 1. The lowest BCUT2D eigenvalue weighted by Gasteiger charge is -2.37. The van der Waals surface area contributed by atoms with Crippen molar-refractivity contribution in [2.45, 2.75) is 19.4 Å². The third-order valence-corrected chi connectivity index (χ3v) is 6.16. The smallest absolute Gasteiger partial charge is 0.321 e. The molecular weight excluding hydrogens is 420 g/mol. The Morgan fingerprint density at radius 1 is 1.15 bits per heavy atom. The number of benzene rings is 2. The van der Waals surface area contributed by atoms with Crippen molar-refractivity contribution in [3.05, 3.63) is 60.3 Å². The van der Waals surface area contributed by atoms with Crippen LogP contribution in [0.5, 0.6) is 0 Å². The second kappa shape index (κ2) is 8.71. The number of hydrogen-bond donors (Lipinski definition) is 1. The Morgan fingerprint density at radius 2 is 1.94 bits per heavy atom. The van der Waals surface area contributed by atoms with Crippen molar-refractivity contribution in [3.8, 4) is 0 Å². The van der Waals surface area contributed by atoms with Crippen LogP contribution in [0.2, 0.25) is 0 Å². The molecule has 2 atom stereocenters. The van der Waals surface area contributed by atoms with Gasteiger partial charge in [-0.1, -0.05) is 30.3 Å². The molecule has 0 bridgehead atoms. The van der Waals surface area contributed by atoms with Crippen LogP contribution in [0.15, 0.2) is 54.7 Å². The third-order valence-electron chi connectivity index (χ3n) is 6.16. The number of nitrogens with zero attached hydrogens (tertiary/aromatic N) is 3. The summed E-state index contributed by atoms with van der Waals surface area (Å²) in [6, 6.07) is 15.0. The monoisotopic (exact) mass is 446 g/mol. The van der Waals surface area contributed by atoms with Gasteiger partial charge in [0, 0.05) is 42.9 Å². The number of H-pyrrole nitrogens is 1. The molecule has 8 nitrogen and oxygen atoms in total. The Bertz CT molecular complexity index is 1320. The molecule has 4 aromatic rings. The molecule has 2 aromatic carbocycles. The maximum atomic E-state index is 13.8. The summed E-state index contributed by atoms with van der Waals surface area (Å²) < 4.78 is 12.6. The fraction of sp³-hybridized carbons (Fsp3) is 0.320.